The van der Waals surface area contributed by atoms with Crippen LogP contribution in [0.15, 0.2) is 71.5 Å². The highest BCUT2D eigenvalue weighted by atomic mass is 79.9. The summed E-state index contributed by atoms with van der Waals surface area (Å²) in [5, 5.41) is 7.16. The number of anilines is 1. The molecule has 2 aromatic carbocycles. The number of halogens is 1. The Morgan fingerprint density at radius 3 is 2.55 bits per heavy atom. The second-order valence-electron chi connectivity index (χ2n) is 4.86. The van der Waals surface area contributed by atoms with Gasteiger partial charge in [0.05, 0.1) is 18.3 Å². The van der Waals surface area contributed by atoms with E-state index in [4.69, 9.17) is 0 Å². The molecular weight excluding hydrogens is 342 g/mol. The molecular formula is C17H14BrN3O. The lowest BCUT2D eigenvalue weighted by atomic mass is 10.2. The number of hydrogen-bond acceptors (Lipinski definition) is 2. The Labute approximate surface area is 136 Å². The molecule has 3 rings (SSSR count). The predicted molar refractivity (Wildman–Crippen MR) is 90.0 cm³/mol. The zero-order chi connectivity index (χ0) is 15.4. The largest absolute Gasteiger partial charge is 0.326 e. The maximum absolute atomic E-state index is 12.1. The first-order valence-electron chi connectivity index (χ1n) is 6.85. The Morgan fingerprint density at radius 2 is 1.82 bits per heavy atom. The topological polar surface area (TPSA) is 46.9 Å². The molecule has 0 unspecified atom stereocenters. The van der Waals surface area contributed by atoms with E-state index in [1.165, 1.54) is 0 Å². The van der Waals surface area contributed by atoms with Crippen molar-refractivity contribution < 1.29 is 4.79 Å². The maximum Gasteiger partial charge on any atom is 0.228 e. The van der Waals surface area contributed by atoms with Crippen LogP contribution in [0.25, 0.3) is 5.69 Å². The number of hydrogen-bond donors (Lipinski definition) is 1. The molecule has 0 saturated heterocycles. The third-order valence-electron chi connectivity index (χ3n) is 3.15. The summed E-state index contributed by atoms with van der Waals surface area (Å²) in [5.41, 5.74) is 2.63. The molecule has 22 heavy (non-hydrogen) atoms. The van der Waals surface area contributed by atoms with Gasteiger partial charge in [0.15, 0.2) is 0 Å². The van der Waals surface area contributed by atoms with Crippen molar-refractivity contribution >= 4 is 27.5 Å². The smallest absolute Gasteiger partial charge is 0.228 e. The van der Waals surface area contributed by atoms with E-state index < -0.39 is 0 Å². The van der Waals surface area contributed by atoms with Gasteiger partial charge < -0.3 is 5.32 Å². The summed E-state index contributed by atoms with van der Waals surface area (Å²) in [4.78, 5) is 12.1. The molecule has 0 aliphatic heterocycles. The van der Waals surface area contributed by atoms with Crippen molar-refractivity contribution in [1.82, 2.24) is 9.78 Å². The fraction of sp³-hybridized carbons (Fsp3) is 0.0588. The molecule has 1 heterocycles. The minimum absolute atomic E-state index is 0.0602. The molecule has 0 aliphatic carbocycles. The number of nitrogens with one attached hydrogen (secondary N) is 1. The van der Waals surface area contributed by atoms with Gasteiger partial charge in [-0.2, -0.15) is 5.10 Å². The van der Waals surface area contributed by atoms with Gasteiger partial charge in [-0.15, -0.1) is 0 Å². The number of carbonyl (C=O) groups excluding carboxylic acids is 1. The fourth-order valence-corrected chi connectivity index (χ4v) is 2.36. The van der Waals surface area contributed by atoms with E-state index in [0.717, 1.165) is 21.4 Å². The van der Waals surface area contributed by atoms with Crippen LogP contribution in [-0.2, 0) is 11.2 Å². The summed E-state index contributed by atoms with van der Waals surface area (Å²) < 4.78 is 2.75. The van der Waals surface area contributed by atoms with Crippen LogP contribution in [0, 0.1) is 0 Å². The number of nitrogens with zero attached hydrogens (tertiary/aromatic N) is 2. The lowest BCUT2D eigenvalue weighted by Gasteiger charge is -2.04. The maximum atomic E-state index is 12.1. The fourth-order valence-electron chi connectivity index (χ4n) is 2.10. The molecule has 5 heteroatoms. The Balaban J connectivity index is 1.65. The van der Waals surface area contributed by atoms with Crippen molar-refractivity contribution in [1.29, 1.82) is 0 Å². The average Bonchev–Trinajstić information content (AvgIpc) is 2.99. The molecule has 0 spiro atoms. The van der Waals surface area contributed by atoms with Gasteiger partial charge in [-0.05, 0) is 42.0 Å². The molecule has 4 nitrogen and oxygen atoms in total. The summed E-state index contributed by atoms with van der Waals surface area (Å²) in [5.74, 6) is -0.0602. The van der Waals surface area contributed by atoms with Crippen molar-refractivity contribution in [3.8, 4) is 5.69 Å². The number of para-hydroxylation sites is 1. The second kappa shape index (κ2) is 6.58. The minimum Gasteiger partial charge on any atom is -0.326 e. The van der Waals surface area contributed by atoms with Crippen LogP contribution in [-0.4, -0.2) is 15.7 Å². The number of benzene rings is 2. The van der Waals surface area contributed by atoms with Gasteiger partial charge in [-0.1, -0.05) is 34.1 Å². The standard InChI is InChI=1S/C17H14BrN3O/c18-14-6-8-15(9-7-14)20-17(22)10-13-11-19-21(12-13)16-4-2-1-3-5-16/h1-9,11-12H,10H2,(H,20,22). The van der Waals surface area contributed by atoms with Gasteiger partial charge in [-0.25, -0.2) is 4.68 Å². The van der Waals surface area contributed by atoms with Crippen LogP contribution >= 0.6 is 15.9 Å². The van der Waals surface area contributed by atoms with E-state index in [1.807, 2.05) is 60.8 Å². The van der Waals surface area contributed by atoms with Crippen LogP contribution < -0.4 is 5.32 Å². The van der Waals surface area contributed by atoms with Crippen LogP contribution in [0.1, 0.15) is 5.56 Å². The Hall–Kier alpha value is -2.40. The highest BCUT2D eigenvalue weighted by Crippen LogP contribution is 2.14. The van der Waals surface area contributed by atoms with Crippen molar-refractivity contribution in [3.05, 3.63) is 77.0 Å². The average molecular weight is 356 g/mol. The Bertz CT molecular complexity index is 766. The van der Waals surface area contributed by atoms with Crippen LogP contribution in [0.4, 0.5) is 5.69 Å². The van der Waals surface area contributed by atoms with Gasteiger partial charge in [0, 0.05) is 16.4 Å². The second-order valence-corrected chi connectivity index (χ2v) is 5.78. The molecule has 0 atom stereocenters. The zero-order valence-corrected chi connectivity index (χ0v) is 13.3. The molecule has 0 bridgehead atoms. The number of carbonyl (C=O) groups is 1. The first kappa shape index (κ1) is 14.5. The van der Waals surface area contributed by atoms with Gasteiger partial charge in [0.2, 0.25) is 5.91 Å². The van der Waals surface area contributed by atoms with Crippen molar-refractivity contribution in [2.24, 2.45) is 0 Å². The molecule has 0 radical (unpaired) electrons. The zero-order valence-electron chi connectivity index (χ0n) is 11.7. The number of aromatic nitrogens is 2. The summed E-state index contributed by atoms with van der Waals surface area (Å²) >= 11 is 3.37. The van der Waals surface area contributed by atoms with Crippen molar-refractivity contribution in [3.63, 3.8) is 0 Å². The van der Waals surface area contributed by atoms with E-state index in [0.29, 0.717) is 6.42 Å². The predicted octanol–water partition coefficient (Wildman–Crippen LogP) is 3.82. The lowest BCUT2D eigenvalue weighted by Crippen LogP contribution is -2.13. The summed E-state index contributed by atoms with van der Waals surface area (Å²) in [6.45, 7) is 0. The van der Waals surface area contributed by atoms with Crippen LogP contribution in [0.3, 0.4) is 0 Å². The quantitative estimate of drug-likeness (QED) is 0.773. The van der Waals surface area contributed by atoms with Gasteiger partial charge in [0.25, 0.3) is 0 Å². The molecule has 1 N–H and O–H groups in total. The minimum atomic E-state index is -0.0602. The molecule has 1 amide bonds. The number of rotatable bonds is 4. The Morgan fingerprint density at radius 1 is 1.09 bits per heavy atom. The van der Waals surface area contributed by atoms with Crippen molar-refractivity contribution in [2.75, 3.05) is 5.32 Å². The summed E-state index contributed by atoms with van der Waals surface area (Å²) in [6.07, 6.45) is 3.88. The Kier molecular flexibility index (Phi) is 4.34. The van der Waals surface area contributed by atoms with Gasteiger partial charge in [0.1, 0.15) is 0 Å². The SMILES string of the molecule is O=C(Cc1cnn(-c2ccccc2)c1)Nc1ccc(Br)cc1. The van der Waals surface area contributed by atoms with Crippen LogP contribution in [0.5, 0.6) is 0 Å². The molecule has 0 fully saturated rings. The van der Waals surface area contributed by atoms with Crippen LogP contribution in [0.2, 0.25) is 0 Å². The highest BCUT2D eigenvalue weighted by molar-refractivity contribution is 9.10. The monoisotopic (exact) mass is 355 g/mol. The summed E-state index contributed by atoms with van der Waals surface area (Å²) in [6, 6.07) is 17.3. The molecule has 110 valence electrons. The normalized spacial score (nSPS) is 10.4. The lowest BCUT2D eigenvalue weighted by molar-refractivity contribution is -0.115. The van der Waals surface area contributed by atoms with E-state index >= 15 is 0 Å². The van der Waals surface area contributed by atoms with Crippen molar-refractivity contribution in [2.45, 2.75) is 6.42 Å². The summed E-state index contributed by atoms with van der Waals surface area (Å²) in [7, 11) is 0. The first-order chi connectivity index (χ1) is 10.7. The van der Waals surface area contributed by atoms with E-state index in [9.17, 15) is 4.79 Å². The first-order valence-corrected chi connectivity index (χ1v) is 7.64. The third kappa shape index (κ3) is 3.62. The molecule has 3 aromatic rings. The molecule has 0 saturated carbocycles. The molecule has 1 aromatic heterocycles. The highest BCUT2D eigenvalue weighted by Gasteiger charge is 2.07. The van der Waals surface area contributed by atoms with E-state index in [2.05, 4.69) is 26.3 Å². The molecule has 0 aliphatic rings. The third-order valence-corrected chi connectivity index (χ3v) is 3.68. The van der Waals surface area contributed by atoms with Gasteiger partial charge >= 0.3 is 0 Å². The van der Waals surface area contributed by atoms with E-state index in [1.54, 1.807) is 10.9 Å². The van der Waals surface area contributed by atoms with E-state index in [-0.39, 0.29) is 5.91 Å². The number of amides is 1. The van der Waals surface area contributed by atoms with Gasteiger partial charge in [-0.3, -0.25) is 4.79 Å².